The summed E-state index contributed by atoms with van der Waals surface area (Å²) in [5.41, 5.74) is 0. The van der Waals surface area contributed by atoms with Gasteiger partial charge < -0.3 is 0 Å². The number of rotatable bonds is 0. The Kier molecular flexibility index (Phi) is 10.6. The molecular weight excluding hydrogens is 217 g/mol. The zero-order chi connectivity index (χ0) is 4.50. The molecule has 0 fully saturated rings. The number of primary sulfonamides is 1. The van der Waals surface area contributed by atoms with Gasteiger partial charge >= 0.3 is 0 Å². The normalized spacial score (nSPS) is 8.29. The summed E-state index contributed by atoms with van der Waals surface area (Å²) in [6.45, 7) is 0. The summed E-state index contributed by atoms with van der Waals surface area (Å²) < 4.78 is 18.8. The van der Waals surface area contributed by atoms with Crippen molar-refractivity contribution in [3.63, 3.8) is 0 Å². The average molecular weight is 223 g/mol. The summed E-state index contributed by atoms with van der Waals surface area (Å²) in [7, 11) is -3.17. The first-order valence-corrected chi connectivity index (χ1v) is 2.93. The SMILES string of the molecule is CS(N)(=O)=O.F.[Ag]. The van der Waals surface area contributed by atoms with Crippen molar-refractivity contribution >= 4 is 10.0 Å². The fourth-order valence-corrected chi connectivity index (χ4v) is 0. The molecule has 0 aliphatic heterocycles. The van der Waals surface area contributed by atoms with Crippen LogP contribution in [0.4, 0.5) is 4.70 Å². The van der Waals surface area contributed by atoms with Crippen molar-refractivity contribution < 1.29 is 35.5 Å². The molecule has 0 rings (SSSR count). The van der Waals surface area contributed by atoms with Crippen molar-refractivity contribution in [2.45, 2.75) is 0 Å². The van der Waals surface area contributed by atoms with Crippen LogP contribution >= 0.6 is 0 Å². The van der Waals surface area contributed by atoms with E-state index in [1.807, 2.05) is 0 Å². The van der Waals surface area contributed by atoms with Gasteiger partial charge in [-0.25, -0.2) is 13.6 Å². The Morgan fingerprint density at radius 3 is 1.43 bits per heavy atom. The van der Waals surface area contributed by atoms with E-state index in [1.54, 1.807) is 0 Å². The van der Waals surface area contributed by atoms with Crippen LogP contribution < -0.4 is 5.14 Å². The minimum absolute atomic E-state index is 0. The minimum atomic E-state index is -3.17. The van der Waals surface area contributed by atoms with Crippen LogP contribution in [0.25, 0.3) is 0 Å². The van der Waals surface area contributed by atoms with Crippen molar-refractivity contribution in [1.29, 1.82) is 0 Å². The molecule has 0 saturated heterocycles. The number of sulfonamides is 1. The number of hydrogen-bond acceptors (Lipinski definition) is 2. The minimum Gasteiger partial charge on any atom is -0.269 e. The molecule has 0 spiro atoms. The molecule has 6 heteroatoms. The molecule has 0 unspecified atom stereocenters. The van der Waals surface area contributed by atoms with E-state index in [0.29, 0.717) is 0 Å². The maximum Gasteiger partial charge on any atom is 0.206 e. The predicted molar refractivity (Wildman–Crippen MR) is 21.5 cm³/mol. The van der Waals surface area contributed by atoms with Crippen LogP contribution in [0.15, 0.2) is 0 Å². The summed E-state index contributed by atoms with van der Waals surface area (Å²) in [4.78, 5) is 0. The molecule has 0 atom stereocenters. The zero-order valence-electron chi connectivity index (χ0n) is 3.51. The monoisotopic (exact) mass is 222 g/mol. The Morgan fingerprint density at radius 2 is 1.43 bits per heavy atom. The van der Waals surface area contributed by atoms with Gasteiger partial charge in [-0.3, -0.25) is 4.70 Å². The van der Waals surface area contributed by atoms with Gasteiger partial charge in [0.2, 0.25) is 10.0 Å². The standard InChI is InChI=1S/CH5NO2S.Ag.FH/c1-5(2,3)4;;/h1H3,(H2,2,3,4);;1H. The van der Waals surface area contributed by atoms with E-state index >= 15 is 0 Å². The van der Waals surface area contributed by atoms with Crippen molar-refractivity contribution in [3.05, 3.63) is 0 Å². The molecule has 0 saturated carbocycles. The van der Waals surface area contributed by atoms with E-state index in [0.717, 1.165) is 6.26 Å². The van der Waals surface area contributed by atoms with Crippen molar-refractivity contribution in [2.75, 3.05) is 6.26 Å². The number of halogens is 1. The summed E-state index contributed by atoms with van der Waals surface area (Å²) in [5, 5.41) is 4.33. The first-order chi connectivity index (χ1) is 2.00. The fourth-order valence-electron chi connectivity index (χ4n) is 0. The molecule has 0 aromatic heterocycles. The molecule has 0 aromatic carbocycles. The van der Waals surface area contributed by atoms with Gasteiger partial charge in [0, 0.05) is 22.4 Å². The molecule has 0 aliphatic rings. The van der Waals surface area contributed by atoms with Gasteiger partial charge in [-0.2, -0.15) is 0 Å². The number of nitrogens with two attached hydrogens (primary N) is 1. The Bertz CT molecular complexity index is 101. The Morgan fingerprint density at radius 1 is 1.43 bits per heavy atom. The van der Waals surface area contributed by atoms with E-state index in [-0.39, 0.29) is 27.1 Å². The van der Waals surface area contributed by atoms with Gasteiger partial charge in [-0.15, -0.1) is 0 Å². The summed E-state index contributed by atoms with van der Waals surface area (Å²) >= 11 is 0. The molecule has 0 aliphatic carbocycles. The maximum absolute atomic E-state index is 9.41. The first-order valence-electron chi connectivity index (χ1n) is 0.977. The molecular formula is CH6AgFNO2S. The van der Waals surface area contributed by atoms with Gasteiger partial charge in [0.1, 0.15) is 0 Å². The fraction of sp³-hybridized carbons (Fsp3) is 1.00. The van der Waals surface area contributed by atoms with E-state index in [9.17, 15) is 8.42 Å². The summed E-state index contributed by atoms with van der Waals surface area (Å²) in [6, 6.07) is 0. The van der Waals surface area contributed by atoms with Gasteiger partial charge in [0.05, 0.1) is 6.26 Å². The summed E-state index contributed by atoms with van der Waals surface area (Å²) in [5.74, 6) is 0. The smallest absolute Gasteiger partial charge is 0.206 e. The second kappa shape index (κ2) is 4.73. The molecule has 0 aromatic rings. The van der Waals surface area contributed by atoms with E-state index in [2.05, 4.69) is 5.14 Å². The Labute approximate surface area is 57.2 Å². The largest absolute Gasteiger partial charge is 0.269 e. The zero-order valence-corrected chi connectivity index (χ0v) is 5.81. The first kappa shape index (κ1) is 15.6. The van der Waals surface area contributed by atoms with Crippen LogP contribution in [-0.4, -0.2) is 14.7 Å². The summed E-state index contributed by atoms with van der Waals surface area (Å²) in [6.07, 6.45) is 0.938. The van der Waals surface area contributed by atoms with Crippen molar-refractivity contribution in [2.24, 2.45) is 5.14 Å². The second-order valence-corrected chi connectivity index (χ2v) is 2.49. The second-order valence-electron chi connectivity index (χ2n) is 0.830. The van der Waals surface area contributed by atoms with Gasteiger partial charge in [-0.05, 0) is 0 Å². The van der Waals surface area contributed by atoms with Crippen molar-refractivity contribution in [1.82, 2.24) is 0 Å². The Balaban J connectivity index is -0.0000000800. The van der Waals surface area contributed by atoms with E-state index in [4.69, 9.17) is 0 Å². The van der Waals surface area contributed by atoms with Crippen LogP contribution in [0, 0.1) is 0 Å². The topological polar surface area (TPSA) is 60.2 Å². The molecule has 3 nitrogen and oxygen atoms in total. The third-order valence-electron chi connectivity index (χ3n) is 0. The molecule has 0 amide bonds. The van der Waals surface area contributed by atoms with Crippen LogP contribution in [0.1, 0.15) is 0 Å². The van der Waals surface area contributed by atoms with Crippen LogP contribution in [0.5, 0.6) is 0 Å². The van der Waals surface area contributed by atoms with Crippen LogP contribution in [0.2, 0.25) is 0 Å². The third-order valence-corrected chi connectivity index (χ3v) is 0. The number of hydrogen-bond donors (Lipinski definition) is 1. The quantitative estimate of drug-likeness (QED) is 0.538. The molecule has 7 heavy (non-hydrogen) atoms. The average Bonchev–Trinajstić information content (AvgIpc) is 0.722. The van der Waals surface area contributed by atoms with E-state index < -0.39 is 10.0 Å². The third kappa shape index (κ3) is 410. The van der Waals surface area contributed by atoms with E-state index in [1.165, 1.54) is 0 Å². The molecule has 1 radical (unpaired) electrons. The molecule has 51 valence electrons. The maximum atomic E-state index is 9.41. The van der Waals surface area contributed by atoms with Crippen molar-refractivity contribution in [3.8, 4) is 0 Å². The van der Waals surface area contributed by atoms with Crippen LogP contribution in [0.3, 0.4) is 0 Å². The van der Waals surface area contributed by atoms with Gasteiger partial charge in [0.25, 0.3) is 0 Å². The molecule has 0 bridgehead atoms. The molecule has 0 heterocycles. The molecule has 2 N–H and O–H groups in total. The Hall–Kier alpha value is 0.580. The van der Waals surface area contributed by atoms with Gasteiger partial charge in [0.15, 0.2) is 0 Å². The van der Waals surface area contributed by atoms with Gasteiger partial charge in [-0.1, -0.05) is 0 Å². The van der Waals surface area contributed by atoms with Crippen LogP contribution in [-0.2, 0) is 32.4 Å². The predicted octanol–water partition coefficient (Wildman–Crippen LogP) is -0.945.